The van der Waals surface area contributed by atoms with E-state index in [1.165, 1.54) is 24.2 Å². The van der Waals surface area contributed by atoms with Crippen molar-refractivity contribution in [1.82, 2.24) is 14.7 Å². The first kappa shape index (κ1) is 18.5. The first-order valence-electron chi connectivity index (χ1n) is 9.45. The third-order valence-electron chi connectivity index (χ3n) is 5.41. The Morgan fingerprint density at radius 2 is 1.72 bits per heavy atom. The highest BCUT2D eigenvalue weighted by Crippen LogP contribution is 2.27. The molecule has 3 aliphatic rings. The molecule has 0 aromatic rings. The summed E-state index contributed by atoms with van der Waals surface area (Å²) in [5.41, 5.74) is -0.618. The largest absolute Gasteiger partial charge is 0.444 e. The fourth-order valence-electron chi connectivity index (χ4n) is 3.84. The number of carbonyl (C=O) groups is 2. The zero-order valence-corrected chi connectivity index (χ0v) is 15.6. The van der Waals surface area contributed by atoms with E-state index in [-0.39, 0.29) is 12.5 Å². The molecule has 0 spiro atoms. The van der Waals surface area contributed by atoms with E-state index in [2.05, 4.69) is 4.90 Å². The van der Waals surface area contributed by atoms with E-state index in [0.717, 1.165) is 13.1 Å². The summed E-state index contributed by atoms with van der Waals surface area (Å²) in [6.45, 7) is 8.76. The van der Waals surface area contributed by atoms with Gasteiger partial charge >= 0.3 is 6.09 Å². The first-order valence-corrected chi connectivity index (χ1v) is 9.45. The van der Waals surface area contributed by atoms with E-state index >= 15 is 0 Å². The summed E-state index contributed by atoms with van der Waals surface area (Å²) in [5.74, 6) is -0.0596. The third kappa shape index (κ3) is 4.26. The van der Waals surface area contributed by atoms with E-state index in [1.807, 2.05) is 4.90 Å². The van der Waals surface area contributed by atoms with E-state index in [9.17, 15) is 14.7 Å². The minimum atomic E-state index is -0.669. The number of likely N-dealkylation sites (tertiary alicyclic amines) is 1. The summed E-state index contributed by atoms with van der Waals surface area (Å²) in [7, 11) is 0. The molecule has 3 fully saturated rings. The molecular formula is C18H31N3O4. The van der Waals surface area contributed by atoms with E-state index in [4.69, 9.17) is 4.74 Å². The molecule has 1 N–H and O–H groups in total. The highest BCUT2D eigenvalue weighted by atomic mass is 16.6. The minimum Gasteiger partial charge on any atom is -0.444 e. The number of aliphatic hydroxyl groups excluding tert-OH is 1. The van der Waals surface area contributed by atoms with Crippen LogP contribution in [0, 0.1) is 0 Å². The molecule has 3 rings (SSSR count). The molecule has 1 saturated carbocycles. The number of aliphatic hydroxyl groups is 1. The third-order valence-corrected chi connectivity index (χ3v) is 5.41. The van der Waals surface area contributed by atoms with Crippen LogP contribution in [0.4, 0.5) is 4.79 Å². The Morgan fingerprint density at radius 3 is 2.24 bits per heavy atom. The van der Waals surface area contributed by atoms with E-state index in [1.54, 1.807) is 20.8 Å². The quantitative estimate of drug-likeness (QED) is 0.803. The van der Waals surface area contributed by atoms with Gasteiger partial charge in [0.15, 0.2) is 0 Å². The molecule has 2 unspecified atom stereocenters. The monoisotopic (exact) mass is 353 g/mol. The predicted octanol–water partition coefficient (Wildman–Crippen LogP) is 1.05. The van der Waals surface area contributed by atoms with Crippen LogP contribution in [-0.2, 0) is 9.53 Å². The highest BCUT2D eigenvalue weighted by Gasteiger charge is 2.43. The molecule has 25 heavy (non-hydrogen) atoms. The van der Waals surface area contributed by atoms with E-state index < -0.39 is 23.8 Å². The fourth-order valence-corrected chi connectivity index (χ4v) is 3.84. The smallest absolute Gasteiger partial charge is 0.411 e. The van der Waals surface area contributed by atoms with Crippen LogP contribution in [0.1, 0.15) is 46.5 Å². The lowest BCUT2D eigenvalue weighted by Crippen LogP contribution is -2.57. The predicted molar refractivity (Wildman–Crippen MR) is 93.1 cm³/mol. The molecule has 2 heterocycles. The van der Waals surface area contributed by atoms with E-state index in [0.29, 0.717) is 25.6 Å². The van der Waals surface area contributed by atoms with Crippen molar-refractivity contribution in [3.8, 4) is 0 Å². The Labute approximate surface area is 149 Å². The van der Waals surface area contributed by atoms with Gasteiger partial charge in [-0.15, -0.1) is 0 Å². The molecule has 2 atom stereocenters. The van der Waals surface area contributed by atoms with Crippen molar-refractivity contribution < 1.29 is 19.4 Å². The van der Waals surface area contributed by atoms with Crippen molar-refractivity contribution in [3.05, 3.63) is 0 Å². The van der Waals surface area contributed by atoms with Crippen LogP contribution in [0.25, 0.3) is 0 Å². The summed E-state index contributed by atoms with van der Waals surface area (Å²) in [5, 5.41) is 9.99. The molecule has 1 aliphatic carbocycles. The van der Waals surface area contributed by atoms with Crippen LogP contribution in [0.5, 0.6) is 0 Å². The Balaban J connectivity index is 1.58. The summed E-state index contributed by atoms with van der Waals surface area (Å²) < 4.78 is 5.41. The second-order valence-corrected chi connectivity index (χ2v) is 8.48. The zero-order chi connectivity index (χ0) is 18.2. The lowest BCUT2D eigenvalue weighted by atomic mass is 9.91. The Kier molecular flexibility index (Phi) is 5.25. The normalized spacial score (nSPS) is 28.8. The number of ether oxygens (including phenoxy) is 1. The summed E-state index contributed by atoms with van der Waals surface area (Å²) >= 11 is 0. The van der Waals surface area contributed by atoms with Crippen LogP contribution in [0.2, 0.25) is 0 Å². The maximum Gasteiger partial charge on any atom is 0.411 e. The van der Waals surface area contributed by atoms with Gasteiger partial charge in [-0.3, -0.25) is 14.6 Å². The number of amides is 2. The fraction of sp³-hybridized carbons (Fsp3) is 0.889. The van der Waals surface area contributed by atoms with Crippen molar-refractivity contribution in [3.63, 3.8) is 0 Å². The van der Waals surface area contributed by atoms with Crippen molar-refractivity contribution in [2.45, 2.75) is 70.2 Å². The van der Waals surface area contributed by atoms with Gasteiger partial charge in [-0.05, 0) is 33.6 Å². The SMILES string of the molecule is CC(C)(C)OC(=O)N1CC(O)CC1C(=O)N1CCN(C2CCC2)CC1. The van der Waals surface area contributed by atoms with Gasteiger partial charge in [0.05, 0.1) is 12.6 Å². The first-order chi connectivity index (χ1) is 11.7. The molecule has 142 valence electrons. The average molecular weight is 353 g/mol. The number of carbonyl (C=O) groups excluding carboxylic acids is 2. The highest BCUT2D eigenvalue weighted by molar-refractivity contribution is 5.86. The van der Waals surface area contributed by atoms with Crippen LogP contribution in [-0.4, -0.2) is 88.3 Å². The van der Waals surface area contributed by atoms with Gasteiger partial charge in [0, 0.05) is 38.6 Å². The van der Waals surface area contributed by atoms with Gasteiger partial charge in [0.1, 0.15) is 11.6 Å². The Hall–Kier alpha value is -1.34. The zero-order valence-electron chi connectivity index (χ0n) is 15.6. The van der Waals surface area contributed by atoms with Crippen molar-refractivity contribution in [1.29, 1.82) is 0 Å². The topological polar surface area (TPSA) is 73.3 Å². The maximum atomic E-state index is 12.9. The van der Waals surface area contributed by atoms with Gasteiger partial charge in [-0.2, -0.15) is 0 Å². The van der Waals surface area contributed by atoms with Crippen LogP contribution in [0.15, 0.2) is 0 Å². The second kappa shape index (κ2) is 7.11. The average Bonchev–Trinajstić information content (AvgIpc) is 2.86. The van der Waals surface area contributed by atoms with Gasteiger partial charge in [-0.25, -0.2) is 4.79 Å². The van der Waals surface area contributed by atoms with Crippen LogP contribution >= 0.6 is 0 Å². The standard InChI is InChI=1S/C18H31N3O4/c1-18(2,3)25-17(24)21-12-14(22)11-15(21)16(23)20-9-7-19(8-10-20)13-5-4-6-13/h13-15,22H,4-12H2,1-3H3. The lowest BCUT2D eigenvalue weighted by Gasteiger charge is -2.43. The van der Waals surface area contributed by atoms with Gasteiger partial charge in [0.2, 0.25) is 5.91 Å². The van der Waals surface area contributed by atoms with Crippen molar-refractivity contribution >= 4 is 12.0 Å². The van der Waals surface area contributed by atoms with Crippen molar-refractivity contribution in [2.75, 3.05) is 32.7 Å². The number of nitrogens with zero attached hydrogens (tertiary/aromatic N) is 3. The number of β-amino-alcohol motifs (C(OH)–C–C–N with tert-alkyl or cyclic N) is 1. The molecular weight excluding hydrogens is 322 g/mol. The molecule has 7 nitrogen and oxygen atoms in total. The Morgan fingerprint density at radius 1 is 1.08 bits per heavy atom. The Bertz CT molecular complexity index is 507. The molecule has 2 aliphatic heterocycles. The second-order valence-electron chi connectivity index (χ2n) is 8.48. The van der Waals surface area contributed by atoms with Gasteiger partial charge in [-0.1, -0.05) is 6.42 Å². The van der Waals surface area contributed by atoms with Crippen LogP contribution < -0.4 is 0 Å². The molecule has 2 amide bonds. The molecule has 7 heteroatoms. The number of rotatable bonds is 2. The van der Waals surface area contributed by atoms with Crippen LogP contribution in [0.3, 0.4) is 0 Å². The van der Waals surface area contributed by atoms with Gasteiger partial charge in [0.25, 0.3) is 0 Å². The number of hydrogen-bond donors (Lipinski definition) is 1. The lowest BCUT2D eigenvalue weighted by molar-refractivity contribution is -0.138. The number of hydrogen-bond acceptors (Lipinski definition) is 5. The van der Waals surface area contributed by atoms with Crippen molar-refractivity contribution in [2.24, 2.45) is 0 Å². The molecule has 0 bridgehead atoms. The van der Waals surface area contributed by atoms with Gasteiger partial charge < -0.3 is 14.7 Å². The molecule has 0 aromatic carbocycles. The summed E-state index contributed by atoms with van der Waals surface area (Å²) in [6, 6.07) is 0.0870. The summed E-state index contributed by atoms with van der Waals surface area (Å²) in [6.07, 6.45) is 2.97. The molecule has 2 saturated heterocycles. The minimum absolute atomic E-state index is 0.0596. The molecule has 0 aromatic heterocycles. The molecule has 0 radical (unpaired) electrons. The summed E-state index contributed by atoms with van der Waals surface area (Å²) in [4.78, 5) is 31.1. The number of piperazine rings is 1. The maximum absolute atomic E-state index is 12.9.